The number of nitriles is 1. The molecule has 0 fully saturated rings. The number of pyridine rings is 1. The molecule has 23 heavy (non-hydrogen) atoms. The minimum absolute atomic E-state index is 0.0380. The highest BCUT2D eigenvalue weighted by atomic mass is 16.5. The second-order valence-corrected chi connectivity index (χ2v) is 4.80. The number of aromatic hydroxyl groups is 2. The van der Waals surface area contributed by atoms with Gasteiger partial charge in [-0.05, 0) is 25.1 Å². The highest BCUT2D eigenvalue weighted by Crippen LogP contribution is 2.22. The lowest BCUT2D eigenvalue weighted by molar-refractivity contribution is 0.184. The maximum atomic E-state index is 9.68. The molecule has 0 saturated heterocycles. The van der Waals surface area contributed by atoms with Gasteiger partial charge in [0.25, 0.3) is 0 Å². The van der Waals surface area contributed by atoms with E-state index in [1.807, 2.05) is 0 Å². The van der Waals surface area contributed by atoms with Crippen LogP contribution in [0.25, 0.3) is 0 Å². The molecule has 0 spiro atoms. The van der Waals surface area contributed by atoms with Gasteiger partial charge in [-0.3, -0.25) is 5.43 Å². The summed E-state index contributed by atoms with van der Waals surface area (Å²) in [4.78, 5) is 4.25. The normalized spacial score (nSPS) is 10.7. The van der Waals surface area contributed by atoms with Gasteiger partial charge in [-0.2, -0.15) is 10.4 Å². The van der Waals surface area contributed by atoms with Gasteiger partial charge in [0.05, 0.1) is 12.8 Å². The quantitative estimate of drug-likeness (QED) is 0.577. The molecule has 2 aromatic rings. The van der Waals surface area contributed by atoms with Crippen LogP contribution in [0, 0.1) is 18.3 Å². The fourth-order valence-electron chi connectivity index (χ4n) is 2.02. The van der Waals surface area contributed by atoms with Gasteiger partial charge in [0, 0.05) is 30.0 Å². The molecule has 0 amide bonds. The summed E-state index contributed by atoms with van der Waals surface area (Å²) in [5.41, 5.74) is 4.91. The van der Waals surface area contributed by atoms with Crippen LogP contribution < -0.4 is 5.43 Å². The van der Waals surface area contributed by atoms with Crippen LogP contribution in [0.3, 0.4) is 0 Å². The van der Waals surface area contributed by atoms with Crippen molar-refractivity contribution in [1.82, 2.24) is 4.98 Å². The number of ether oxygens (including phenoxy) is 1. The maximum absolute atomic E-state index is 9.68. The average Bonchev–Trinajstić information content (AvgIpc) is 2.49. The predicted molar refractivity (Wildman–Crippen MR) is 85.4 cm³/mol. The number of nitrogens with one attached hydrogen (secondary N) is 1. The smallest absolute Gasteiger partial charge is 0.164 e. The summed E-state index contributed by atoms with van der Waals surface area (Å²) in [7, 11) is 1.55. The molecule has 0 unspecified atom stereocenters. The zero-order valence-corrected chi connectivity index (χ0v) is 12.7. The lowest BCUT2D eigenvalue weighted by atomic mass is 10.1. The molecule has 7 nitrogen and oxygen atoms in total. The van der Waals surface area contributed by atoms with E-state index in [1.165, 1.54) is 24.4 Å². The molecule has 0 aliphatic rings. The Hall–Kier alpha value is -3.11. The van der Waals surface area contributed by atoms with Crippen molar-refractivity contribution in [3.05, 3.63) is 46.6 Å². The third-order valence-corrected chi connectivity index (χ3v) is 3.03. The Bertz CT molecular complexity index is 782. The average molecular weight is 312 g/mol. The summed E-state index contributed by atoms with van der Waals surface area (Å²) in [5.74, 6) is 0.173. The highest BCUT2D eigenvalue weighted by molar-refractivity contribution is 5.84. The van der Waals surface area contributed by atoms with Crippen LogP contribution in [-0.2, 0) is 11.3 Å². The molecule has 1 aromatic heterocycles. The summed E-state index contributed by atoms with van der Waals surface area (Å²) < 4.78 is 5.08. The Morgan fingerprint density at radius 1 is 1.39 bits per heavy atom. The minimum Gasteiger partial charge on any atom is -0.508 e. The molecular formula is C16H16N4O3. The number of hydrogen-bond donors (Lipinski definition) is 3. The Kier molecular flexibility index (Phi) is 5.12. The Balaban J connectivity index is 2.26. The van der Waals surface area contributed by atoms with Gasteiger partial charge in [-0.1, -0.05) is 0 Å². The van der Waals surface area contributed by atoms with E-state index in [-0.39, 0.29) is 11.5 Å². The van der Waals surface area contributed by atoms with E-state index in [0.29, 0.717) is 29.1 Å². The Morgan fingerprint density at radius 3 is 2.83 bits per heavy atom. The molecule has 0 aliphatic carbocycles. The molecule has 1 aromatic carbocycles. The van der Waals surface area contributed by atoms with Crippen molar-refractivity contribution >= 4 is 12.0 Å². The Morgan fingerprint density at radius 2 is 2.17 bits per heavy atom. The first kappa shape index (κ1) is 16.3. The van der Waals surface area contributed by atoms with Gasteiger partial charge in [0.2, 0.25) is 0 Å². The number of anilines is 1. The predicted octanol–water partition coefficient (Wildman–Crippen LogP) is 2.27. The van der Waals surface area contributed by atoms with E-state index in [1.54, 1.807) is 20.1 Å². The molecule has 118 valence electrons. The van der Waals surface area contributed by atoms with Crippen molar-refractivity contribution in [3.8, 4) is 17.6 Å². The number of nitrogens with zero attached hydrogens (tertiary/aromatic N) is 3. The van der Waals surface area contributed by atoms with Crippen molar-refractivity contribution in [2.45, 2.75) is 13.5 Å². The van der Waals surface area contributed by atoms with Crippen LogP contribution in [0.15, 0.2) is 29.4 Å². The van der Waals surface area contributed by atoms with Gasteiger partial charge in [0.1, 0.15) is 23.1 Å². The lowest BCUT2D eigenvalue weighted by Crippen LogP contribution is -2.03. The zero-order chi connectivity index (χ0) is 16.8. The number of benzene rings is 1. The lowest BCUT2D eigenvalue weighted by Gasteiger charge is -2.09. The Labute approximate surface area is 133 Å². The first-order chi connectivity index (χ1) is 11.0. The second-order valence-electron chi connectivity index (χ2n) is 4.80. The summed E-state index contributed by atoms with van der Waals surface area (Å²) in [5, 5.41) is 32.2. The third-order valence-electron chi connectivity index (χ3n) is 3.03. The molecule has 0 atom stereocenters. The van der Waals surface area contributed by atoms with Crippen LogP contribution in [0.2, 0.25) is 0 Å². The summed E-state index contributed by atoms with van der Waals surface area (Å²) in [6, 6.07) is 8.02. The van der Waals surface area contributed by atoms with E-state index < -0.39 is 0 Å². The second kappa shape index (κ2) is 7.24. The van der Waals surface area contributed by atoms with Gasteiger partial charge >= 0.3 is 0 Å². The third kappa shape index (κ3) is 3.96. The molecule has 0 bridgehead atoms. The van der Waals surface area contributed by atoms with Crippen molar-refractivity contribution in [3.63, 3.8) is 0 Å². The minimum atomic E-state index is -0.103. The SMILES string of the molecule is COCc1cc(C)nc(NN=Cc2ccc(O)cc2O)c1C#N. The summed E-state index contributed by atoms with van der Waals surface area (Å²) in [6.45, 7) is 2.10. The molecule has 1 heterocycles. The van der Waals surface area contributed by atoms with E-state index in [2.05, 4.69) is 21.6 Å². The molecule has 2 rings (SSSR count). The first-order valence-corrected chi connectivity index (χ1v) is 6.75. The van der Waals surface area contributed by atoms with Gasteiger partial charge in [-0.25, -0.2) is 4.98 Å². The van der Waals surface area contributed by atoms with Crippen LogP contribution in [0.4, 0.5) is 5.82 Å². The standard InChI is InChI=1S/C16H16N4O3/c1-10-5-12(9-23-2)14(7-17)16(19-10)20-18-8-11-3-4-13(21)6-15(11)22/h3-6,8,21-22H,9H2,1-2H3,(H,19,20). The molecule has 0 saturated carbocycles. The number of methoxy groups -OCH3 is 1. The van der Waals surface area contributed by atoms with Crippen molar-refractivity contribution in [1.29, 1.82) is 5.26 Å². The van der Waals surface area contributed by atoms with Gasteiger partial charge < -0.3 is 14.9 Å². The molecule has 0 radical (unpaired) electrons. The van der Waals surface area contributed by atoms with Crippen molar-refractivity contribution in [2.75, 3.05) is 12.5 Å². The number of phenols is 2. The number of hydrogen-bond acceptors (Lipinski definition) is 7. The van der Waals surface area contributed by atoms with Gasteiger partial charge in [0.15, 0.2) is 5.82 Å². The van der Waals surface area contributed by atoms with Crippen molar-refractivity contribution < 1.29 is 14.9 Å². The number of aryl methyl sites for hydroxylation is 1. The zero-order valence-electron chi connectivity index (χ0n) is 12.7. The first-order valence-electron chi connectivity index (χ1n) is 6.75. The topological polar surface area (TPSA) is 111 Å². The fourth-order valence-corrected chi connectivity index (χ4v) is 2.02. The van der Waals surface area contributed by atoms with Crippen LogP contribution in [-0.4, -0.2) is 28.5 Å². The van der Waals surface area contributed by atoms with Crippen LogP contribution >= 0.6 is 0 Å². The van der Waals surface area contributed by atoms with E-state index >= 15 is 0 Å². The van der Waals surface area contributed by atoms with Gasteiger partial charge in [-0.15, -0.1) is 0 Å². The highest BCUT2D eigenvalue weighted by Gasteiger charge is 2.10. The molecule has 3 N–H and O–H groups in total. The summed E-state index contributed by atoms with van der Waals surface area (Å²) in [6.07, 6.45) is 1.37. The fraction of sp³-hybridized carbons (Fsp3) is 0.188. The number of rotatable bonds is 5. The van der Waals surface area contributed by atoms with Crippen LogP contribution in [0.1, 0.15) is 22.4 Å². The number of phenolic OH excluding ortho intramolecular Hbond substituents is 2. The van der Waals surface area contributed by atoms with Crippen molar-refractivity contribution in [2.24, 2.45) is 5.10 Å². The number of aromatic nitrogens is 1. The number of hydrazone groups is 1. The van der Waals surface area contributed by atoms with E-state index in [4.69, 9.17) is 4.74 Å². The molecule has 0 aliphatic heterocycles. The van der Waals surface area contributed by atoms with Crippen LogP contribution in [0.5, 0.6) is 11.5 Å². The molecular weight excluding hydrogens is 296 g/mol. The largest absolute Gasteiger partial charge is 0.508 e. The monoisotopic (exact) mass is 312 g/mol. The summed E-state index contributed by atoms with van der Waals surface area (Å²) >= 11 is 0. The maximum Gasteiger partial charge on any atom is 0.164 e. The van der Waals surface area contributed by atoms with E-state index in [9.17, 15) is 15.5 Å². The van der Waals surface area contributed by atoms with E-state index in [0.717, 1.165) is 5.69 Å². The molecule has 7 heteroatoms.